The minimum absolute atomic E-state index is 0.00203. The predicted octanol–water partition coefficient (Wildman–Crippen LogP) is 4.37. The third-order valence-corrected chi connectivity index (χ3v) is 8.66. The Labute approximate surface area is 179 Å². The van der Waals surface area contributed by atoms with Gasteiger partial charge in [0, 0.05) is 19.8 Å². The summed E-state index contributed by atoms with van der Waals surface area (Å²) in [5, 5.41) is 10.3. The maximum Gasteiger partial charge on any atom is 0.307 e. The number of hydrogen-bond donors (Lipinski definition) is 1. The minimum Gasteiger partial charge on any atom is -0.481 e. The van der Waals surface area contributed by atoms with Crippen molar-refractivity contribution >= 4 is 17.9 Å². The van der Waals surface area contributed by atoms with Crippen LogP contribution in [0.3, 0.4) is 0 Å². The molecule has 3 aliphatic rings. The normalized spacial score (nSPS) is 41.1. The average molecular weight is 421 g/mol. The molecular formula is C24H36O6. The first-order chi connectivity index (χ1) is 14.0. The average Bonchev–Trinajstić information content (AvgIpc) is 2.95. The molecule has 30 heavy (non-hydrogen) atoms. The van der Waals surface area contributed by atoms with Crippen LogP contribution < -0.4 is 0 Å². The lowest BCUT2D eigenvalue weighted by Gasteiger charge is -2.55. The topological polar surface area (TPSA) is 89.9 Å². The highest BCUT2D eigenvalue weighted by molar-refractivity contribution is 5.72. The van der Waals surface area contributed by atoms with E-state index in [2.05, 4.69) is 20.4 Å². The fraction of sp³-hybridized carbons (Fsp3) is 0.792. The number of ether oxygens (including phenoxy) is 2. The van der Waals surface area contributed by atoms with Gasteiger partial charge in [0.15, 0.2) is 0 Å². The zero-order valence-corrected chi connectivity index (χ0v) is 18.7. The molecule has 3 saturated carbocycles. The summed E-state index contributed by atoms with van der Waals surface area (Å²) < 4.78 is 10.9. The van der Waals surface area contributed by atoms with Crippen LogP contribution >= 0.6 is 0 Å². The van der Waals surface area contributed by atoms with E-state index >= 15 is 0 Å². The van der Waals surface area contributed by atoms with Gasteiger partial charge in [0.2, 0.25) is 0 Å². The number of allylic oxidation sites excluding steroid dienone is 1. The Morgan fingerprint density at radius 3 is 2.37 bits per heavy atom. The molecule has 6 heteroatoms. The summed E-state index contributed by atoms with van der Waals surface area (Å²) in [4.78, 5) is 35.5. The number of fused-ring (bicyclic) bond motifs is 1. The molecule has 0 aromatic rings. The molecule has 6 nitrogen and oxygen atoms in total. The monoisotopic (exact) mass is 420 g/mol. The van der Waals surface area contributed by atoms with Crippen molar-refractivity contribution in [2.24, 2.45) is 34.5 Å². The van der Waals surface area contributed by atoms with Crippen molar-refractivity contribution in [1.29, 1.82) is 0 Å². The molecule has 1 N–H and O–H groups in total. The molecule has 0 radical (unpaired) electrons. The maximum absolute atomic E-state index is 12.5. The highest BCUT2D eigenvalue weighted by Crippen LogP contribution is 2.63. The molecule has 3 aliphatic carbocycles. The zero-order chi connectivity index (χ0) is 22.3. The minimum atomic E-state index is -0.722. The Bertz CT molecular complexity index is 729. The number of hydrogen-bond acceptors (Lipinski definition) is 5. The van der Waals surface area contributed by atoms with Gasteiger partial charge in [0.05, 0.1) is 12.5 Å². The molecule has 168 valence electrons. The van der Waals surface area contributed by atoms with E-state index in [4.69, 9.17) is 9.47 Å². The molecular weight excluding hydrogens is 384 g/mol. The number of carboxylic acid groups (broad SMARTS) is 1. The smallest absolute Gasteiger partial charge is 0.307 e. The second kappa shape index (κ2) is 8.35. The van der Waals surface area contributed by atoms with Gasteiger partial charge in [-0.2, -0.15) is 0 Å². The molecule has 0 aromatic carbocycles. The van der Waals surface area contributed by atoms with E-state index in [0.717, 1.165) is 32.1 Å². The van der Waals surface area contributed by atoms with Crippen LogP contribution in [0.4, 0.5) is 0 Å². The predicted molar refractivity (Wildman–Crippen MR) is 111 cm³/mol. The molecule has 0 heterocycles. The van der Waals surface area contributed by atoms with Gasteiger partial charge in [-0.3, -0.25) is 14.4 Å². The number of aliphatic carboxylic acids is 1. The number of carboxylic acids is 1. The summed E-state index contributed by atoms with van der Waals surface area (Å²) in [6, 6.07) is 0. The standard InChI is InChI=1S/C24H36O6/c1-14-6-7-19-21(22(27)28)20(9-11-23(14,19)4)24(5)10-8-18(30-16(3)26)12-17(24)13-29-15(2)25/h17-21H,1,6-13H2,2-5H3,(H,27,28). The molecule has 0 saturated heterocycles. The summed E-state index contributed by atoms with van der Waals surface area (Å²) in [5.74, 6) is -1.75. The van der Waals surface area contributed by atoms with Crippen molar-refractivity contribution in [3.05, 3.63) is 12.2 Å². The van der Waals surface area contributed by atoms with Crippen molar-refractivity contribution in [2.45, 2.75) is 78.7 Å². The lowest BCUT2D eigenvalue weighted by Crippen LogP contribution is -2.53. The summed E-state index contributed by atoms with van der Waals surface area (Å²) in [5.41, 5.74) is 0.800. The van der Waals surface area contributed by atoms with E-state index in [1.807, 2.05) is 0 Å². The largest absolute Gasteiger partial charge is 0.481 e. The van der Waals surface area contributed by atoms with Crippen LogP contribution in [0.5, 0.6) is 0 Å². The lowest BCUT2D eigenvalue weighted by atomic mass is 9.49. The molecule has 7 unspecified atom stereocenters. The van der Waals surface area contributed by atoms with Crippen molar-refractivity contribution < 1.29 is 29.0 Å². The number of carbonyl (C=O) groups is 3. The first kappa shape index (κ1) is 22.8. The first-order valence-electron chi connectivity index (χ1n) is 11.2. The van der Waals surface area contributed by atoms with E-state index in [-0.39, 0.29) is 53.2 Å². The molecule has 0 spiro atoms. The van der Waals surface area contributed by atoms with Crippen LogP contribution in [0.15, 0.2) is 12.2 Å². The summed E-state index contributed by atoms with van der Waals surface area (Å²) in [7, 11) is 0. The second-order valence-corrected chi connectivity index (χ2v) is 10.2. The molecule has 7 atom stereocenters. The molecule has 3 rings (SSSR count). The molecule has 3 fully saturated rings. The summed E-state index contributed by atoms with van der Waals surface area (Å²) in [6.45, 7) is 11.6. The van der Waals surface area contributed by atoms with Gasteiger partial charge < -0.3 is 14.6 Å². The van der Waals surface area contributed by atoms with Gasteiger partial charge in [0.25, 0.3) is 0 Å². The second-order valence-electron chi connectivity index (χ2n) is 10.2. The molecule has 0 amide bonds. The van der Waals surface area contributed by atoms with Gasteiger partial charge in [-0.05, 0) is 67.6 Å². The van der Waals surface area contributed by atoms with Gasteiger partial charge in [-0.25, -0.2) is 0 Å². The van der Waals surface area contributed by atoms with Gasteiger partial charge in [-0.15, -0.1) is 0 Å². The van der Waals surface area contributed by atoms with Gasteiger partial charge >= 0.3 is 17.9 Å². The van der Waals surface area contributed by atoms with Gasteiger partial charge in [0.1, 0.15) is 6.10 Å². The molecule has 0 bridgehead atoms. The van der Waals surface area contributed by atoms with E-state index in [1.54, 1.807) is 0 Å². The number of esters is 2. The summed E-state index contributed by atoms with van der Waals surface area (Å²) in [6.07, 6.45) is 5.42. The van der Waals surface area contributed by atoms with Crippen LogP contribution in [0.25, 0.3) is 0 Å². The maximum atomic E-state index is 12.5. The number of carbonyl (C=O) groups excluding carboxylic acids is 2. The molecule has 0 aromatic heterocycles. The van der Waals surface area contributed by atoms with Crippen LogP contribution in [-0.4, -0.2) is 35.7 Å². The van der Waals surface area contributed by atoms with Crippen molar-refractivity contribution in [3.63, 3.8) is 0 Å². The van der Waals surface area contributed by atoms with Crippen LogP contribution in [0.1, 0.15) is 72.6 Å². The van der Waals surface area contributed by atoms with Crippen LogP contribution in [0, 0.1) is 34.5 Å². The Morgan fingerprint density at radius 1 is 1.07 bits per heavy atom. The highest BCUT2D eigenvalue weighted by Gasteiger charge is 2.59. The Morgan fingerprint density at radius 2 is 1.77 bits per heavy atom. The third kappa shape index (κ3) is 4.02. The SMILES string of the molecule is C=C1CCC2C(C(=O)O)C(C3(C)CCC(OC(C)=O)CC3COC(C)=O)CCC12C. The quantitative estimate of drug-likeness (QED) is 0.525. The Hall–Kier alpha value is -1.85. The van der Waals surface area contributed by atoms with Gasteiger partial charge in [-0.1, -0.05) is 26.0 Å². The highest BCUT2D eigenvalue weighted by atomic mass is 16.5. The first-order valence-corrected chi connectivity index (χ1v) is 11.2. The summed E-state index contributed by atoms with van der Waals surface area (Å²) >= 11 is 0. The van der Waals surface area contributed by atoms with Crippen molar-refractivity contribution in [2.75, 3.05) is 6.61 Å². The number of rotatable bonds is 5. The fourth-order valence-corrected chi connectivity index (χ4v) is 6.82. The van der Waals surface area contributed by atoms with Crippen LogP contribution in [0.2, 0.25) is 0 Å². The van der Waals surface area contributed by atoms with Crippen molar-refractivity contribution in [1.82, 2.24) is 0 Å². The van der Waals surface area contributed by atoms with E-state index in [0.29, 0.717) is 12.8 Å². The molecule has 0 aliphatic heterocycles. The van der Waals surface area contributed by atoms with E-state index in [9.17, 15) is 19.5 Å². The third-order valence-electron chi connectivity index (χ3n) is 8.66. The lowest BCUT2D eigenvalue weighted by molar-refractivity contribution is -0.168. The fourth-order valence-electron chi connectivity index (χ4n) is 6.82. The van der Waals surface area contributed by atoms with E-state index < -0.39 is 11.9 Å². The Kier molecular flexibility index (Phi) is 6.35. The van der Waals surface area contributed by atoms with Crippen LogP contribution in [-0.2, 0) is 23.9 Å². The zero-order valence-electron chi connectivity index (χ0n) is 18.7. The Balaban J connectivity index is 1.91. The van der Waals surface area contributed by atoms with Crippen molar-refractivity contribution in [3.8, 4) is 0 Å². The van der Waals surface area contributed by atoms with E-state index in [1.165, 1.54) is 19.4 Å².